The van der Waals surface area contributed by atoms with Crippen molar-refractivity contribution in [2.45, 2.75) is 12.6 Å². The molecule has 0 saturated heterocycles. The standard InChI is InChI=1S/C13H12N2OS/c16-13-12(14-8-9-4-3-7-17-9)10-5-1-2-6-11(10)15-13/h1-7,12,14H,8H2,(H,15,16). The van der Waals surface area contributed by atoms with Crippen LogP contribution in [0.5, 0.6) is 0 Å². The average molecular weight is 244 g/mol. The molecule has 2 N–H and O–H groups in total. The summed E-state index contributed by atoms with van der Waals surface area (Å²) in [5.74, 6) is 0.0303. The molecule has 86 valence electrons. The molecular formula is C13H12N2OS. The highest BCUT2D eigenvalue weighted by atomic mass is 32.1. The molecule has 0 bridgehead atoms. The van der Waals surface area contributed by atoms with Crippen LogP contribution < -0.4 is 10.6 Å². The van der Waals surface area contributed by atoms with Crippen LogP contribution in [-0.4, -0.2) is 5.91 Å². The maximum absolute atomic E-state index is 11.8. The Morgan fingerprint density at radius 1 is 1.24 bits per heavy atom. The van der Waals surface area contributed by atoms with E-state index in [1.54, 1.807) is 11.3 Å². The lowest BCUT2D eigenvalue weighted by Crippen LogP contribution is -2.26. The SMILES string of the molecule is O=C1Nc2ccccc2C1NCc1cccs1. The average Bonchev–Trinajstić information content (AvgIpc) is 2.93. The highest BCUT2D eigenvalue weighted by Gasteiger charge is 2.29. The fourth-order valence-electron chi connectivity index (χ4n) is 2.03. The maximum atomic E-state index is 11.8. The van der Waals surface area contributed by atoms with Crippen LogP contribution in [0.2, 0.25) is 0 Å². The number of para-hydroxylation sites is 1. The van der Waals surface area contributed by atoms with Gasteiger partial charge < -0.3 is 5.32 Å². The van der Waals surface area contributed by atoms with Gasteiger partial charge in [0.1, 0.15) is 6.04 Å². The molecule has 1 atom stereocenters. The second kappa shape index (κ2) is 4.31. The molecule has 1 aromatic carbocycles. The topological polar surface area (TPSA) is 41.1 Å². The minimum Gasteiger partial charge on any atom is -0.324 e. The van der Waals surface area contributed by atoms with E-state index in [2.05, 4.69) is 16.7 Å². The first-order valence-electron chi connectivity index (χ1n) is 5.50. The summed E-state index contributed by atoms with van der Waals surface area (Å²) in [6.07, 6.45) is 0. The van der Waals surface area contributed by atoms with E-state index in [4.69, 9.17) is 0 Å². The van der Waals surface area contributed by atoms with E-state index in [-0.39, 0.29) is 11.9 Å². The Morgan fingerprint density at radius 3 is 2.94 bits per heavy atom. The molecule has 0 fully saturated rings. The summed E-state index contributed by atoms with van der Waals surface area (Å²) in [7, 11) is 0. The lowest BCUT2D eigenvalue weighted by molar-refractivity contribution is -0.117. The highest BCUT2D eigenvalue weighted by Crippen LogP contribution is 2.30. The van der Waals surface area contributed by atoms with Gasteiger partial charge in [0.05, 0.1) is 0 Å². The summed E-state index contributed by atoms with van der Waals surface area (Å²) < 4.78 is 0. The Labute approximate surface area is 103 Å². The third-order valence-corrected chi connectivity index (χ3v) is 3.73. The molecule has 2 heterocycles. The highest BCUT2D eigenvalue weighted by molar-refractivity contribution is 7.09. The van der Waals surface area contributed by atoms with E-state index in [1.807, 2.05) is 35.7 Å². The van der Waals surface area contributed by atoms with Gasteiger partial charge in [0.2, 0.25) is 5.91 Å². The van der Waals surface area contributed by atoms with E-state index in [0.717, 1.165) is 17.8 Å². The molecule has 0 radical (unpaired) electrons. The van der Waals surface area contributed by atoms with Gasteiger partial charge in [-0.3, -0.25) is 10.1 Å². The van der Waals surface area contributed by atoms with Crippen molar-refractivity contribution in [1.29, 1.82) is 0 Å². The van der Waals surface area contributed by atoms with Crippen molar-refractivity contribution in [2.75, 3.05) is 5.32 Å². The third kappa shape index (κ3) is 1.97. The van der Waals surface area contributed by atoms with Crippen LogP contribution in [-0.2, 0) is 11.3 Å². The molecule has 0 spiro atoms. The van der Waals surface area contributed by atoms with E-state index in [1.165, 1.54) is 4.88 Å². The smallest absolute Gasteiger partial charge is 0.246 e. The number of anilines is 1. The van der Waals surface area contributed by atoms with Gasteiger partial charge >= 0.3 is 0 Å². The number of fused-ring (bicyclic) bond motifs is 1. The number of benzene rings is 1. The van der Waals surface area contributed by atoms with Gasteiger partial charge in [0, 0.05) is 22.7 Å². The first-order chi connectivity index (χ1) is 8.34. The van der Waals surface area contributed by atoms with E-state index in [9.17, 15) is 4.79 Å². The second-order valence-corrected chi connectivity index (χ2v) is 5.00. The van der Waals surface area contributed by atoms with E-state index < -0.39 is 0 Å². The van der Waals surface area contributed by atoms with Crippen LogP contribution in [0.1, 0.15) is 16.5 Å². The molecule has 1 aliphatic rings. The van der Waals surface area contributed by atoms with Crippen LogP contribution in [0, 0.1) is 0 Å². The Kier molecular flexibility index (Phi) is 2.66. The van der Waals surface area contributed by atoms with E-state index in [0.29, 0.717) is 0 Å². The Balaban J connectivity index is 1.77. The van der Waals surface area contributed by atoms with Crippen molar-refractivity contribution in [1.82, 2.24) is 5.32 Å². The first kappa shape index (κ1) is 10.5. The lowest BCUT2D eigenvalue weighted by atomic mass is 10.1. The van der Waals surface area contributed by atoms with Crippen molar-refractivity contribution in [3.8, 4) is 0 Å². The van der Waals surface area contributed by atoms with Crippen molar-refractivity contribution < 1.29 is 4.79 Å². The maximum Gasteiger partial charge on any atom is 0.246 e. The normalized spacial score (nSPS) is 17.9. The molecule has 0 saturated carbocycles. The number of carbonyl (C=O) groups is 1. The number of carbonyl (C=O) groups excluding carboxylic acids is 1. The van der Waals surface area contributed by atoms with Crippen LogP contribution in [0.15, 0.2) is 41.8 Å². The van der Waals surface area contributed by atoms with Gasteiger partial charge in [-0.2, -0.15) is 0 Å². The summed E-state index contributed by atoms with van der Waals surface area (Å²) in [6, 6.07) is 11.7. The quantitative estimate of drug-likeness (QED) is 0.871. The number of hydrogen-bond donors (Lipinski definition) is 2. The Hall–Kier alpha value is -1.65. The number of rotatable bonds is 3. The molecule has 1 amide bonds. The summed E-state index contributed by atoms with van der Waals surface area (Å²) >= 11 is 1.69. The predicted octanol–water partition coefficient (Wildman–Crippen LogP) is 2.53. The molecule has 3 nitrogen and oxygen atoms in total. The summed E-state index contributed by atoms with van der Waals surface area (Å²) in [5.41, 5.74) is 1.95. The third-order valence-electron chi connectivity index (χ3n) is 2.85. The summed E-state index contributed by atoms with van der Waals surface area (Å²) in [4.78, 5) is 13.1. The zero-order valence-corrected chi connectivity index (χ0v) is 9.96. The number of thiophene rings is 1. The Morgan fingerprint density at radius 2 is 2.12 bits per heavy atom. The van der Waals surface area contributed by atoms with Crippen LogP contribution >= 0.6 is 11.3 Å². The monoisotopic (exact) mass is 244 g/mol. The first-order valence-corrected chi connectivity index (χ1v) is 6.38. The molecule has 2 aromatic rings. The van der Waals surface area contributed by atoms with Gasteiger partial charge in [-0.1, -0.05) is 24.3 Å². The van der Waals surface area contributed by atoms with Crippen LogP contribution in [0.4, 0.5) is 5.69 Å². The molecule has 0 aliphatic carbocycles. The zero-order valence-electron chi connectivity index (χ0n) is 9.14. The van der Waals surface area contributed by atoms with Gasteiger partial charge in [0.15, 0.2) is 0 Å². The van der Waals surface area contributed by atoms with Crippen molar-refractivity contribution in [3.63, 3.8) is 0 Å². The summed E-state index contributed by atoms with van der Waals surface area (Å²) in [6.45, 7) is 0.726. The molecule has 1 aliphatic heterocycles. The number of hydrogen-bond acceptors (Lipinski definition) is 3. The number of nitrogens with one attached hydrogen (secondary N) is 2. The van der Waals surface area contributed by atoms with Gasteiger partial charge in [-0.15, -0.1) is 11.3 Å². The van der Waals surface area contributed by atoms with Crippen molar-refractivity contribution >= 4 is 22.9 Å². The summed E-state index contributed by atoms with van der Waals surface area (Å²) in [5, 5.41) is 8.21. The fourth-order valence-corrected chi connectivity index (χ4v) is 2.68. The number of amides is 1. The van der Waals surface area contributed by atoms with Gasteiger partial charge in [-0.25, -0.2) is 0 Å². The van der Waals surface area contributed by atoms with Crippen molar-refractivity contribution in [3.05, 3.63) is 52.2 Å². The molecular weight excluding hydrogens is 232 g/mol. The van der Waals surface area contributed by atoms with Gasteiger partial charge in [0.25, 0.3) is 0 Å². The lowest BCUT2D eigenvalue weighted by Gasteiger charge is -2.10. The van der Waals surface area contributed by atoms with Gasteiger partial charge in [-0.05, 0) is 17.5 Å². The molecule has 1 unspecified atom stereocenters. The minimum absolute atomic E-state index is 0.0303. The zero-order chi connectivity index (χ0) is 11.7. The fraction of sp³-hybridized carbons (Fsp3) is 0.154. The molecule has 4 heteroatoms. The van der Waals surface area contributed by atoms with Crippen molar-refractivity contribution in [2.24, 2.45) is 0 Å². The van der Waals surface area contributed by atoms with Crippen LogP contribution in [0.25, 0.3) is 0 Å². The minimum atomic E-state index is -0.228. The predicted molar refractivity (Wildman–Crippen MR) is 69.0 cm³/mol. The largest absolute Gasteiger partial charge is 0.324 e. The molecule has 1 aromatic heterocycles. The molecule has 3 rings (SSSR count). The van der Waals surface area contributed by atoms with E-state index >= 15 is 0 Å². The Bertz CT molecular complexity index is 536. The molecule has 17 heavy (non-hydrogen) atoms. The second-order valence-electron chi connectivity index (χ2n) is 3.97. The van der Waals surface area contributed by atoms with Crippen LogP contribution in [0.3, 0.4) is 0 Å².